The number of piperidine rings is 1. The van der Waals surface area contributed by atoms with Crippen LogP contribution in [-0.4, -0.2) is 91.3 Å². The van der Waals surface area contributed by atoms with E-state index in [0.717, 1.165) is 44.8 Å². The summed E-state index contributed by atoms with van der Waals surface area (Å²) in [4.78, 5) is 44.1. The number of alkyl carbamates (subject to hydrolysis) is 1. The summed E-state index contributed by atoms with van der Waals surface area (Å²) in [5.41, 5.74) is -0.121. The molecule has 3 fully saturated rings. The Morgan fingerprint density at radius 3 is 2.34 bits per heavy atom. The molecule has 1 N–H and O–H groups in total. The van der Waals surface area contributed by atoms with Crippen molar-refractivity contribution >= 4 is 23.7 Å². The molecule has 2 amide bonds. The van der Waals surface area contributed by atoms with Gasteiger partial charge in [0.15, 0.2) is 0 Å². The number of carbonyl (C=O) groups is 3. The maximum Gasteiger partial charge on any atom is 0.408 e. The number of benzene rings is 1. The number of cyclic esters (lactones) is 1. The Morgan fingerprint density at radius 2 is 1.74 bits per heavy atom. The smallest absolute Gasteiger partial charge is 0.408 e. The molecule has 210 valence electrons. The Labute approximate surface area is 224 Å². The number of hydrogen-bond donors (Lipinski definition) is 1. The second-order valence-corrected chi connectivity index (χ2v) is 11.8. The second kappa shape index (κ2) is 11.5. The average Bonchev–Trinajstić information content (AvgIpc) is 3.16. The zero-order valence-electron chi connectivity index (χ0n) is 23.0. The van der Waals surface area contributed by atoms with Gasteiger partial charge in [-0.25, -0.2) is 9.18 Å². The molecule has 1 spiro atoms. The highest BCUT2D eigenvalue weighted by Crippen LogP contribution is 2.44. The van der Waals surface area contributed by atoms with Gasteiger partial charge in [0.2, 0.25) is 5.91 Å². The number of nitrogens with zero attached hydrogens (tertiary/aromatic N) is 3. The maximum absolute atomic E-state index is 13.2. The first kappa shape index (κ1) is 28.1. The summed E-state index contributed by atoms with van der Waals surface area (Å²) in [6, 6.07) is 5.92. The summed E-state index contributed by atoms with van der Waals surface area (Å²) < 4.78 is 24.2. The quantitative estimate of drug-likeness (QED) is 0.563. The second-order valence-electron chi connectivity index (χ2n) is 11.8. The van der Waals surface area contributed by atoms with Gasteiger partial charge in [-0.2, -0.15) is 0 Å². The van der Waals surface area contributed by atoms with Crippen LogP contribution in [0.4, 0.5) is 14.9 Å². The van der Waals surface area contributed by atoms with Crippen LogP contribution < -0.4 is 10.2 Å². The van der Waals surface area contributed by atoms with Gasteiger partial charge in [-0.1, -0.05) is 0 Å². The molecule has 0 unspecified atom stereocenters. The van der Waals surface area contributed by atoms with E-state index in [1.54, 1.807) is 32.6 Å². The molecule has 0 aromatic heterocycles. The van der Waals surface area contributed by atoms with Crippen LogP contribution in [0, 0.1) is 11.2 Å². The number of likely N-dealkylation sites (tertiary alicyclic amines) is 1. The molecular formula is C28H41FN4O5. The molecule has 0 bridgehead atoms. The predicted octanol–water partition coefficient (Wildman–Crippen LogP) is 3.18. The Hall–Kier alpha value is -2.88. The molecule has 3 aliphatic heterocycles. The number of ether oxygens (including phenoxy) is 2. The molecule has 9 nitrogen and oxygen atoms in total. The van der Waals surface area contributed by atoms with Gasteiger partial charge in [0, 0.05) is 57.9 Å². The molecule has 10 heteroatoms. The van der Waals surface area contributed by atoms with E-state index in [2.05, 4.69) is 15.1 Å². The van der Waals surface area contributed by atoms with E-state index in [-0.39, 0.29) is 23.8 Å². The van der Waals surface area contributed by atoms with Crippen molar-refractivity contribution < 1.29 is 28.2 Å². The molecule has 0 saturated carbocycles. The number of nitrogens with one attached hydrogen (secondary N) is 1. The lowest BCUT2D eigenvalue weighted by Gasteiger charge is -2.38. The fourth-order valence-corrected chi connectivity index (χ4v) is 5.59. The van der Waals surface area contributed by atoms with Crippen LogP contribution in [0.1, 0.15) is 53.4 Å². The highest BCUT2D eigenvalue weighted by molar-refractivity contribution is 5.86. The minimum Gasteiger partial charge on any atom is -0.462 e. The molecule has 3 saturated heterocycles. The molecule has 0 radical (unpaired) electrons. The van der Waals surface area contributed by atoms with Crippen LogP contribution in [0.25, 0.3) is 0 Å². The highest BCUT2D eigenvalue weighted by atomic mass is 19.1. The standard InChI is InChI=1S/C28H41FN4O5/c1-20(30-26(36)38-27(2,3)4)24(34)33-13-10-28(11-14-33)19-23(37-25(28)35)9-12-31-15-17-32(18-16-31)22-7-5-21(29)6-8-22/h5-8,20,23H,9-19H2,1-4H3,(H,30,36)/t20-,23-/m0/s1. The van der Waals surface area contributed by atoms with Crippen molar-refractivity contribution in [1.82, 2.24) is 15.1 Å². The summed E-state index contributed by atoms with van der Waals surface area (Å²) in [5, 5.41) is 2.61. The van der Waals surface area contributed by atoms with E-state index in [0.29, 0.717) is 32.4 Å². The molecule has 1 aromatic carbocycles. The predicted molar refractivity (Wildman–Crippen MR) is 141 cm³/mol. The SMILES string of the molecule is C[C@H](NC(=O)OC(C)(C)C)C(=O)N1CCC2(CC1)C[C@H](CCN1CCN(c3ccc(F)cc3)CC1)OC2=O. The first-order valence-corrected chi connectivity index (χ1v) is 13.7. The number of anilines is 1. The minimum atomic E-state index is -0.703. The van der Waals surface area contributed by atoms with Crippen LogP contribution in [0.2, 0.25) is 0 Å². The average molecular weight is 533 g/mol. The molecule has 1 aromatic rings. The third-order valence-corrected chi connectivity index (χ3v) is 7.79. The van der Waals surface area contributed by atoms with Gasteiger partial charge in [-0.05, 0) is 71.2 Å². The monoisotopic (exact) mass is 532 g/mol. The fourth-order valence-electron chi connectivity index (χ4n) is 5.59. The Morgan fingerprint density at radius 1 is 1.11 bits per heavy atom. The van der Waals surface area contributed by atoms with Crippen molar-refractivity contribution in [2.24, 2.45) is 5.41 Å². The lowest BCUT2D eigenvalue weighted by molar-refractivity contribution is -0.152. The number of hydrogen-bond acceptors (Lipinski definition) is 7. The molecule has 3 aliphatic rings. The molecule has 2 atom stereocenters. The third kappa shape index (κ3) is 6.95. The van der Waals surface area contributed by atoms with Gasteiger partial charge in [-0.15, -0.1) is 0 Å². The van der Waals surface area contributed by atoms with Gasteiger partial charge in [-0.3, -0.25) is 14.5 Å². The molecule has 0 aliphatic carbocycles. The third-order valence-electron chi connectivity index (χ3n) is 7.79. The zero-order valence-corrected chi connectivity index (χ0v) is 23.0. The number of piperazine rings is 1. The van der Waals surface area contributed by atoms with Crippen molar-refractivity contribution in [2.45, 2.75) is 71.1 Å². The summed E-state index contributed by atoms with van der Waals surface area (Å²) in [6.45, 7) is 12.3. The van der Waals surface area contributed by atoms with Crippen LogP contribution in [0.15, 0.2) is 24.3 Å². The largest absolute Gasteiger partial charge is 0.462 e. The lowest BCUT2D eigenvalue weighted by Crippen LogP contribution is -2.52. The number of rotatable bonds is 6. The normalized spacial score (nSPS) is 22.8. The van der Waals surface area contributed by atoms with E-state index in [1.165, 1.54) is 12.1 Å². The highest BCUT2D eigenvalue weighted by Gasteiger charge is 2.51. The number of carbonyl (C=O) groups excluding carboxylic acids is 3. The van der Waals surface area contributed by atoms with E-state index >= 15 is 0 Å². The van der Waals surface area contributed by atoms with Gasteiger partial charge in [0.05, 0.1) is 5.41 Å². The van der Waals surface area contributed by atoms with Crippen molar-refractivity contribution in [2.75, 3.05) is 50.7 Å². The Kier molecular flexibility index (Phi) is 8.49. The topological polar surface area (TPSA) is 91.4 Å². The Balaban J connectivity index is 1.19. The van der Waals surface area contributed by atoms with E-state index in [1.807, 2.05) is 12.1 Å². The van der Waals surface area contributed by atoms with Crippen LogP contribution >= 0.6 is 0 Å². The van der Waals surface area contributed by atoms with Crippen LogP contribution in [0.3, 0.4) is 0 Å². The molecule has 3 heterocycles. The van der Waals surface area contributed by atoms with Gasteiger partial charge in [0.25, 0.3) is 0 Å². The lowest BCUT2D eigenvalue weighted by atomic mass is 9.75. The minimum absolute atomic E-state index is 0.104. The van der Waals surface area contributed by atoms with Crippen LogP contribution in [0.5, 0.6) is 0 Å². The number of halogens is 1. The molecule has 4 rings (SSSR count). The summed E-state index contributed by atoms with van der Waals surface area (Å²) in [5.74, 6) is -0.539. The van der Waals surface area contributed by atoms with Gasteiger partial charge in [0.1, 0.15) is 23.6 Å². The van der Waals surface area contributed by atoms with E-state index < -0.39 is 23.2 Å². The Bertz CT molecular complexity index is 995. The summed E-state index contributed by atoms with van der Waals surface area (Å²) >= 11 is 0. The number of esters is 1. The van der Waals surface area contributed by atoms with Crippen molar-refractivity contribution in [3.63, 3.8) is 0 Å². The first-order valence-electron chi connectivity index (χ1n) is 13.7. The van der Waals surface area contributed by atoms with Crippen molar-refractivity contribution in [3.05, 3.63) is 30.1 Å². The first-order chi connectivity index (χ1) is 17.9. The molecular weight excluding hydrogens is 491 g/mol. The van der Waals surface area contributed by atoms with Gasteiger partial charge >= 0.3 is 12.1 Å². The summed E-state index contributed by atoms with van der Waals surface area (Å²) in [6.07, 6.45) is 1.91. The van der Waals surface area contributed by atoms with Gasteiger partial charge < -0.3 is 24.6 Å². The molecule has 38 heavy (non-hydrogen) atoms. The van der Waals surface area contributed by atoms with E-state index in [4.69, 9.17) is 9.47 Å². The number of amides is 2. The zero-order chi connectivity index (χ0) is 27.5. The van der Waals surface area contributed by atoms with Crippen molar-refractivity contribution in [1.29, 1.82) is 0 Å². The van der Waals surface area contributed by atoms with Crippen molar-refractivity contribution in [3.8, 4) is 0 Å². The fraction of sp³-hybridized carbons (Fsp3) is 0.679. The van der Waals surface area contributed by atoms with Crippen LogP contribution in [-0.2, 0) is 19.1 Å². The van der Waals surface area contributed by atoms with E-state index in [9.17, 15) is 18.8 Å². The summed E-state index contributed by atoms with van der Waals surface area (Å²) in [7, 11) is 0. The maximum atomic E-state index is 13.2.